The number of pyridine rings is 1. The molecule has 19 heavy (non-hydrogen) atoms. The zero-order chi connectivity index (χ0) is 14.0. The minimum atomic E-state index is -0.0718. The fourth-order valence-electron chi connectivity index (χ4n) is 1.89. The van der Waals surface area contributed by atoms with Gasteiger partial charge in [0, 0.05) is 18.0 Å². The van der Waals surface area contributed by atoms with Gasteiger partial charge in [-0.25, -0.2) is 4.98 Å². The molecule has 0 unspecified atom stereocenters. The van der Waals surface area contributed by atoms with Gasteiger partial charge in [0.05, 0.1) is 9.26 Å². The first kappa shape index (κ1) is 14.2. The summed E-state index contributed by atoms with van der Waals surface area (Å²) in [5.74, 6) is 1.09. The Bertz CT molecular complexity index is 649. The summed E-state index contributed by atoms with van der Waals surface area (Å²) in [5.41, 5.74) is 2.72. The van der Waals surface area contributed by atoms with E-state index in [-0.39, 0.29) is 5.56 Å². The number of aromatic amines is 1. The van der Waals surface area contributed by atoms with E-state index >= 15 is 0 Å². The normalized spacial score (nSPS) is 11.0. The molecule has 2 aromatic heterocycles. The highest BCUT2D eigenvalue weighted by atomic mass is 127. The summed E-state index contributed by atoms with van der Waals surface area (Å²) >= 11 is 2.06. The topological polar surface area (TPSA) is 58.6 Å². The van der Waals surface area contributed by atoms with Gasteiger partial charge in [-0.05, 0) is 53.5 Å². The van der Waals surface area contributed by atoms with Crippen molar-refractivity contribution < 1.29 is 0 Å². The summed E-state index contributed by atoms with van der Waals surface area (Å²) in [5, 5.41) is 0. The standard InChI is InChI=1S/C14H16IN3O/c1-8(2)6-11-12(15)14(19)18-13(17-11)10-4-5-16-7-9(10)3/h4-5,7-8H,6H2,1-3H3,(H,17,18,19). The molecule has 0 aliphatic heterocycles. The van der Waals surface area contributed by atoms with Crippen molar-refractivity contribution in [2.45, 2.75) is 27.2 Å². The van der Waals surface area contributed by atoms with Crippen LogP contribution in [0.1, 0.15) is 25.1 Å². The number of aryl methyl sites for hydroxylation is 1. The number of nitrogens with one attached hydrogen (secondary N) is 1. The Morgan fingerprint density at radius 1 is 1.42 bits per heavy atom. The van der Waals surface area contributed by atoms with Gasteiger partial charge < -0.3 is 4.98 Å². The number of rotatable bonds is 3. The summed E-state index contributed by atoms with van der Waals surface area (Å²) in [6.07, 6.45) is 4.29. The monoisotopic (exact) mass is 369 g/mol. The molecule has 2 heterocycles. The van der Waals surface area contributed by atoms with E-state index in [1.807, 2.05) is 13.0 Å². The van der Waals surface area contributed by atoms with Crippen LogP contribution in [0.5, 0.6) is 0 Å². The number of hydrogen-bond donors (Lipinski definition) is 1. The van der Waals surface area contributed by atoms with Crippen molar-refractivity contribution in [2.24, 2.45) is 5.92 Å². The van der Waals surface area contributed by atoms with E-state index in [4.69, 9.17) is 0 Å². The summed E-state index contributed by atoms with van der Waals surface area (Å²) < 4.78 is 0.682. The van der Waals surface area contributed by atoms with Crippen molar-refractivity contribution in [3.8, 4) is 11.4 Å². The molecular formula is C14H16IN3O. The maximum Gasteiger partial charge on any atom is 0.264 e. The van der Waals surface area contributed by atoms with Crippen molar-refractivity contribution in [1.29, 1.82) is 0 Å². The summed E-state index contributed by atoms with van der Waals surface area (Å²) in [4.78, 5) is 23.5. The van der Waals surface area contributed by atoms with E-state index < -0.39 is 0 Å². The van der Waals surface area contributed by atoms with E-state index in [1.54, 1.807) is 12.4 Å². The minimum Gasteiger partial charge on any atom is -0.306 e. The average molecular weight is 369 g/mol. The molecule has 100 valence electrons. The lowest BCUT2D eigenvalue weighted by molar-refractivity contribution is 0.631. The first-order valence-electron chi connectivity index (χ1n) is 6.18. The Labute approximate surface area is 125 Å². The summed E-state index contributed by atoms with van der Waals surface area (Å²) in [6.45, 7) is 6.20. The third kappa shape index (κ3) is 3.20. The van der Waals surface area contributed by atoms with Crippen molar-refractivity contribution in [3.63, 3.8) is 0 Å². The van der Waals surface area contributed by atoms with Crippen molar-refractivity contribution >= 4 is 22.6 Å². The molecule has 4 nitrogen and oxygen atoms in total. The zero-order valence-electron chi connectivity index (χ0n) is 11.2. The minimum absolute atomic E-state index is 0.0718. The van der Waals surface area contributed by atoms with Gasteiger partial charge >= 0.3 is 0 Å². The van der Waals surface area contributed by atoms with Gasteiger partial charge in [0.2, 0.25) is 0 Å². The van der Waals surface area contributed by atoms with Gasteiger partial charge in [0.25, 0.3) is 5.56 Å². The second kappa shape index (κ2) is 5.81. The highest BCUT2D eigenvalue weighted by Gasteiger charge is 2.12. The van der Waals surface area contributed by atoms with Gasteiger partial charge in [-0.15, -0.1) is 0 Å². The van der Waals surface area contributed by atoms with Crippen LogP contribution in [0.25, 0.3) is 11.4 Å². The predicted molar refractivity (Wildman–Crippen MR) is 84.1 cm³/mol. The highest BCUT2D eigenvalue weighted by molar-refractivity contribution is 14.1. The number of aromatic nitrogens is 3. The SMILES string of the molecule is Cc1cnccc1-c1nc(CC(C)C)c(I)c(=O)[nH]1. The molecule has 0 amide bonds. The fourth-order valence-corrected chi connectivity index (χ4v) is 2.37. The van der Waals surface area contributed by atoms with E-state index in [1.165, 1.54) is 0 Å². The largest absolute Gasteiger partial charge is 0.306 e. The molecule has 0 saturated carbocycles. The maximum absolute atomic E-state index is 12.0. The molecule has 1 N–H and O–H groups in total. The Morgan fingerprint density at radius 2 is 2.16 bits per heavy atom. The molecule has 2 aromatic rings. The molecule has 5 heteroatoms. The van der Waals surface area contributed by atoms with Crippen LogP contribution in [0.3, 0.4) is 0 Å². The molecule has 0 spiro atoms. The molecular weight excluding hydrogens is 353 g/mol. The van der Waals surface area contributed by atoms with Crippen LogP contribution in [-0.2, 0) is 6.42 Å². The number of nitrogens with zero attached hydrogens (tertiary/aromatic N) is 2. The maximum atomic E-state index is 12.0. The van der Waals surface area contributed by atoms with E-state index in [9.17, 15) is 4.79 Å². The molecule has 0 atom stereocenters. The number of hydrogen-bond acceptors (Lipinski definition) is 3. The van der Waals surface area contributed by atoms with Crippen LogP contribution in [-0.4, -0.2) is 15.0 Å². The average Bonchev–Trinajstić information content (AvgIpc) is 2.35. The van der Waals surface area contributed by atoms with Crippen LogP contribution < -0.4 is 5.56 Å². The van der Waals surface area contributed by atoms with Gasteiger partial charge in [0.15, 0.2) is 0 Å². The van der Waals surface area contributed by atoms with Crippen molar-refractivity contribution in [1.82, 2.24) is 15.0 Å². The van der Waals surface area contributed by atoms with E-state index in [2.05, 4.69) is 51.4 Å². The van der Waals surface area contributed by atoms with Crippen molar-refractivity contribution in [3.05, 3.63) is 43.6 Å². The summed E-state index contributed by atoms with van der Waals surface area (Å²) in [7, 11) is 0. The smallest absolute Gasteiger partial charge is 0.264 e. The Morgan fingerprint density at radius 3 is 2.79 bits per heavy atom. The lowest BCUT2D eigenvalue weighted by Gasteiger charge is -2.10. The first-order valence-corrected chi connectivity index (χ1v) is 7.26. The lowest BCUT2D eigenvalue weighted by atomic mass is 10.1. The fraction of sp³-hybridized carbons (Fsp3) is 0.357. The molecule has 0 aliphatic rings. The zero-order valence-corrected chi connectivity index (χ0v) is 13.4. The Hall–Kier alpha value is -1.24. The molecule has 0 bridgehead atoms. The molecule has 0 aromatic carbocycles. The molecule has 0 fully saturated rings. The van der Waals surface area contributed by atoms with Crippen LogP contribution in [0, 0.1) is 16.4 Å². The molecule has 0 radical (unpaired) electrons. The third-order valence-corrected chi connectivity index (χ3v) is 3.92. The molecule has 0 aliphatic carbocycles. The van der Waals surface area contributed by atoms with Crippen LogP contribution in [0.15, 0.2) is 23.3 Å². The van der Waals surface area contributed by atoms with Gasteiger partial charge in [0.1, 0.15) is 5.82 Å². The second-order valence-electron chi connectivity index (χ2n) is 4.96. The van der Waals surface area contributed by atoms with Crippen LogP contribution in [0.4, 0.5) is 0 Å². The van der Waals surface area contributed by atoms with Crippen LogP contribution >= 0.6 is 22.6 Å². The van der Waals surface area contributed by atoms with E-state index in [0.29, 0.717) is 15.3 Å². The van der Waals surface area contributed by atoms with E-state index in [0.717, 1.165) is 23.2 Å². The molecule has 2 rings (SSSR count). The molecule has 0 saturated heterocycles. The Kier molecular flexibility index (Phi) is 4.34. The quantitative estimate of drug-likeness (QED) is 0.847. The number of halogens is 1. The lowest BCUT2D eigenvalue weighted by Crippen LogP contribution is -2.17. The first-order chi connectivity index (χ1) is 8.99. The highest BCUT2D eigenvalue weighted by Crippen LogP contribution is 2.19. The Balaban J connectivity index is 2.57. The second-order valence-corrected chi connectivity index (χ2v) is 6.04. The predicted octanol–water partition coefficient (Wildman–Crippen LogP) is 2.94. The van der Waals surface area contributed by atoms with Gasteiger partial charge in [-0.3, -0.25) is 9.78 Å². The summed E-state index contributed by atoms with van der Waals surface area (Å²) in [6, 6.07) is 1.87. The van der Waals surface area contributed by atoms with Crippen molar-refractivity contribution in [2.75, 3.05) is 0 Å². The van der Waals surface area contributed by atoms with Crippen LogP contribution in [0.2, 0.25) is 0 Å². The third-order valence-electron chi connectivity index (χ3n) is 2.81. The van der Waals surface area contributed by atoms with Gasteiger partial charge in [-0.1, -0.05) is 13.8 Å². The number of H-pyrrole nitrogens is 1. The van der Waals surface area contributed by atoms with Gasteiger partial charge in [-0.2, -0.15) is 0 Å².